The van der Waals surface area contributed by atoms with Gasteiger partial charge in [0.05, 0.1) is 6.61 Å². The standard InChI is InChI=1S/C7H15NO2.C2H6/c1-3-5-8-7(9)4-6-10-2;1-2/h3-6H2,1-2H3,(H,8,9);1-2H3. The first-order valence-corrected chi connectivity index (χ1v) is 4.57. The SMILES string of the molecule is CC.CCCNC(=O)CCOC. The third kappa shape index (κ3) is 12.1. The zero-order valence-electron chi connectivity index (χ0n) is 8.64. The van der Waals surface area contributed by atoms with E-state index in [-0.39, 0.29) is 5.91 Å². The van der Waals surface area contributed by atoms with Gasteiger partial charge in [0.15, 0.2) is 0 Å². The molecule has 1 N–H and O–H groups in total. The number of ether oxygens (including phenoxy) is 1. The molecule has 12 heavy (non-hydrogen) atoms. The van der Waals surface area contributed by atoms with Crippen molar-refractivity contribution in [2.45, 2.75) is 33.6 Å². The van der Waals surface area contributed by atoms with E-state index in [2.05, 4.69) is 5.32 Å². The molecule has 0 heterocycles. The van der Waals surface area contributed by atoms with E-state index in [1.54, 1.807) is 7.11 Å². The van der Waals surface area contributed by atoms with Gasteiger partial charge in [0.25, 0.3) is 0 Å². The lowest BCUT2D eigenvalue weighted by Crippen LogP contribution is -2.24. The van der Waals surface area contributed by atoms with E-state index in [9.17, 15) is 4.79 Å². The van der Waals surface area contributed by atoms with Gasteiger partial charge in [-0.25, -0.2) is 0 Å². The van der Waals surface area contributed by atoms with Gasteiger partial charge in [-0.1, -0.05) is 20.8 Å². The molecule has 3 heteroatoms. The van der Waals surface area contributed by atoms with Crippen LogP contribution in [0.3, 0.4) is 0 Å². The summed E-state index contributed by atoms with van der Waals surface area (Å²) in [6.45, 7) is 7.30. The second-order valence-electron chi connectivity index (χ2n) is 2.09. The molecule has 1 amide bonds. The van der Waals surface area contributed by atoms with Crippen molar-refractivity contribution < 1.29 is 9.53 Å². The molecule has 0 rings (SSSR count). The van der Waals surface area contributed by atoms with E-state index in [1.165, 1.54) is 0 Å². The quantitative estimate of drug-likeness (QED) is 0.689. The van der Waals surface area contributed by atoms with Crippen molar-refractivity contribution in [3.63, 3.8) is 0 Å². The van der Waals surface area contributed by atoms with Gasteiger partial charge < -0.3 is 10.1 Å². The molecular formula is C9H21NO2. The first-order chi connectivity index (χ1) is 5.81. The van der Waals surface area contributed by atoms with Crippen LogP contribution in [0.1, 0.15) is 33.6 Å². The molecule has 0 unspecified atom stereocenters. The number of methoxy groups -OCH3 is 1. The van der Waals surface area contributed by atoms with Crippen molar-refractivity contribution in [1.29, 1.82) is 0 Å². The highest BCUT2D eigenvalue weighted by molar-refractivity contribution is 5.75. The Bertz CT molecular complexity index is 84.5. The van der Waals surface area contributed by atoms with Gasteiger partial charge >= 0.3 is 0 Å². The van der Waals surface area contributed by atoms with Crippen molar-refractivity contribution in [3.05, 3.63) is 0 Å². The maximum atomic E-state index is 10.8. The van der Waals surface area contributed by atoms with Crippen LogP contribution in [0, 0.1) is 0 Å². The average Bonchev–Trinajstić information content (AvgIpc) is 2.14. The lowest BCUT2D eigenvalue weighted by molar-refractivity contribution is -0.121. The van der Waals surface area contributed by atoms with Crippen LogP contribution in [0.15, 0.2) is 0 Å². The first kappa shape index (κ1) is 14.0. The van der Waals surface area contributed by atoms with Crippen LogP contribution in [0.5, 0.6) is 0 Å². The number of nitrogens with one attached hydrogen (secondary N) is 1. The van der Waals surface area contributed by atoms with Crippen LogP contribution in [-0.4, -0.2) is 26.2 Å². The highest BCUT2D eigenvalue weighted by Crippen LogP contribution is 1.80. The Labute approximate surface area is 75.5 Å². The Kier molecular flexibility index (Phi) is 15.2. The zero-order chi connectivity index (χ0) is 9.82. The largest absolute Gasteiger partial charge is 0.384 e. The Balaban J connectivity index is 0. The molecule has 0 aromatic heterocycles. The minimum atomic E-state index is 0.0729. The Hall–Kier alpha value is -0.570. The Morgan fingerprint density at radius 1 is 1.42 bits per heavy atom. The summed E-state index contributed by atoms with van der Waals surface area (Å²) < 4.78 is 4.73. The van der Waals surface area contributed by atoms with Gasteiger partial charge in [0, 0.05) is 20.1 Å². The van der Waals surface area contributed by atoms with Crippen molar-refractivity contribution in [2.75, 3.05) is 20.3 Å². The molecule has 0 spiro atoms. The number of amides is 1. The normalized spacial score (nSPS) is 8.33. The molecule has 0 fully saturated rings. The van der Waals surface area contributed by atoms with Crippen molar-refractivity contribution in [2.24, 2.45) is 0 Å². The van der Waals surface area contributed by atoms with Crippen LogP contribution in [0.25, 0.3) is 0 Å². The molecule has 0 aliphatic heterocycles. The molecule has 0 aliphatic rings. The summed E-state index contributed by atoms with van der Waals surface area (Å²) >= 11 is 0. The molecule has 0 saturated carbocycles. The molecule has 3 nitrogen and oxygen atoms in total. The molecule has 0 aromatic carbocycles. The third-order valence-electron chi connectivity index (χ3n) is 1.11. The van der Waals surface area contributed by atoms with Crippen LogP contribution < -0.4 is 5.32 Å². The number of carbonyl (C=O) groups excluding carboxylic acids is 1. The number of rotatable bonds is 5. The van der Waals surface area contributed by atoms with Crippen molar-refractivity contribution >= 4 is 5.91 Å². The summed E-state index contributed by atoms with van der Waals surface area (Å²) in [5.74, 6) is 0.0729. The number of carbonyl (C=O) groups is 1. The fourth-order valence-electron chi connectivity index (χ4n) is 0.548. The van der Waals surface area contributed by atoms with Gasteiger partial charge in [0.2, 0.25) is 5.91 Å². The molecular weight excluding hydrogens is 154 g/mol. The van der Waals surface area contributed by atoms with Crippen molar-refractivity contribution in [3.8, 4) is 0 Å². The Morgan fingerprint density at radius 2 is 2.00 bits per heavy atom. The Morgan fingerprint density at radius 3 is 2.42 bits per heavy atom. The first-order valence-electron chi connectivity index (χ1n) is 4.57. The molecule has 0 bridgehead atoms. The average molecular weight is 175 g/mol. The maximum absolute atomic E-state index is 10.8. The fraction of sp³-hybridized carbons (Fsp3) is 0.889. The van der Waals surface area contributed by atoms with Crippen LogP contribution in [-0.2, 0) is 9.53 Å². The van der Waals surface area contributed by atoms with Crippen LogP contribution in [0.4, 0.5) is 0 Å². The summed E-state index contributed by atoms with van der Waals surface area (Å²) in [6.07, 6.45) is 1.45. The topological polar surface area (TPSA) is 38.3 Å². The van der Waals surface area contributed by atoms with E-state index < -0.39 is 0 Å². The van der Waals surface area contributed by atoms with Crippen molar-refractivity contribution in [1.82, 2.24) is 5.32 Å². The second-order valence-corrected chi connectivity index (χ2v) is 2.09. The highest BCUT2D eigenvalue weighted by atomic mass is 16.5. The smallest absolute Gasteiger partial charge is 0.222 e. The number of hydrogen-bond donors (Lipinski definition) is 1. The van der Waals surface area contributed by atoms with Gasteiger partial charge in [-0.15, -0.1) is 0 Å². The van der Waals surface area contributed by atoms with Crippen LogP contribution in [0.2, 0.25) is 0 Å². The molecule has 0 atom stereocenters. The van der Waals surface area contributed by atoms with E-state index >= 15 is 0 Å². The summed E-state index contributed by atoms with van der Waals surface area (Å²) in [5.41, 5.74) is 0. The lowest BCUT2D eigenvalue weighted by atomic mass is 10.4. The second kappa shape index (κ2) is 13.1. The summed E-state index contributed by atoms with van der Waals surface area (Å²) in [7, 11) is 1.59. The minimum absolute atomic E-state index is 0.0729. The molecule has 0 saturated heterocycles. The molecule has 0 radical (unpaired) electrons. The van der Waals surface area contributed by atoms with E-state index in [4.69, 9.17) is 4.74 Å². The summed E-state index contributed by atoms with van der Waals surface area (Å²) in [6, 6.07) is 0. The van der Waals surface area contributed by atoms with Gasteiger partial charge in [-0.3, -0.25) is 4.79 Å². The predicted octanol–water partition coefficient (Wildman–Crippen LogP) is 1.58. The summed E-state index contributed by atoms with van der Waals surface area (Å²) in [4.78, 5) is 10.8. The maximum Gasteiger partial charge on any atom is 0.222 e. The lowest BCUT2D eigenvalue weighted by Gasteiger charge is -2.00. The molecule has 0 aliphatic carbocycles. The van der Waals surface area contributed by atoms with E-state index in [1.807, 2.05) is 20.8 Å². The van der Waals surface area contributed by atoms with Gasteiger partial charge in [-0.2, -0.15) is 0 Å². The van der Waals surface area contributed by atoms with Gasteiger partial charge in [-0.05, 0) is 6.42 Å². The fourth-order valence-corrected chi connectivity index (χ4v) is 0.548. The number of hydrogen-bond acceptors (Lipinski definition) is 2. The third-order valence-corrected chi connectivity index (χ3v) is 1.11. The zero-order valence-corrected chi connectivity index (χ0v) is 8.64. The summed E-state index contributed by atoms with van der Waals surface area (Å²) in [5, 5.41) is 2.75. The van der Waals surface area contributed by atoms with E-state index in [0.717, 1.165) is 13.0 Å². The minimum Gasteiger partial charge on any atom is -0.384 e. The molecule has 0 aromatic rings. The monoisotopic (exact) mass is 175 g/mol. The van der Waals surface area contributed by atoms with E-state index in [0.29, 0.717) is 13.0 Å². The predicted molar refractivity (Wildman–Crippen MR) is 51.1 cm³/mol. The highest BCUT2D eigenvalue weighted by Gasteiger charge is 1.96. The molecule has 74 valence electrons. The van der Waals surface area contributed by atoms with Crippen LogP contribution >= 0.6 is 0 Å². The van der Waals surface area contributed by atoms with Gasteiger partial charge in [0.1, 0.15) is 0 Å².